The average molecular weight is 450 g/mol. The predicted molar refractivity (Wildman–Crippen MR) is 111 cm³/mol. The van der Waals surface area contributed by atoms with Crippen LogP contribution in [0, 0.1) is 0 Å². The van der Waals surface area contributed by atoms with Crippen LogP contribution in [0.15, 0.2) is 83.3 Å². The van der Waals surface area contributed by atoms with E-state index in [4.69, 9.17) is 4.74 Å². The molecule has 0 fully saturated rings. The SMILES string of the molecule is O=C(Oc1ccccc1Br)[C@H](Cc1ccccc1)N1C(=O)c2ccccc2C1=O. The summed E-state index contributed by atoms with van der Waals surface area (Å²) >= 11 is 3.35. The lowest BCUT2D eigenvalue weighted by Gasteiger charge is -2.25. The van der Waals surface area contributed by atoms with Crippen molar-refractivity contribution in [3.63, 3.8) is 0 Å². The molecule has 1 aliphatic heterocycles. The molecule has 0 aromatic heterocycles. The van der Waals surface area contributed by atoms with Gasteiger partial charge in [0.2, 0.25) is 0 Å². The first-order valence-electron chi connectivity index (χ1n) is 9.03. The summed E-state index contributed by atoms with van der Waals surface area (Å²) in [5.41, 5.74) is 1.41. The Kier molecular flexibility index (Phi) is 5.27. The molecule has 0 bridgehead atoms. The summed E-state index contributed by atoms with van der Waals surface area (Å²) in [6.07, 6.45) is 0.162. The molecule has 1 heterocycles. The number of carbonyl (C=O) groups excluding carboxylic acids is 3. The predicted octanol–water partition coefficient (Wildman–Crippen LogP) is 4.26. The van der Waals surface area contributed by atoms with Crippen LogP contribution in [0.3, 0.4) is 0 Å². The van der Waals surface area contributed by atoms with E-state index in [2.05, 4.69) is 15.9 Å². The van der Waals surface area contributed by atoms with E-state index in [1.54, 1.807) is 48.5 Å². The fraction of sp³-hybridized carbons (Fsp3) is 0.0870. The van der Waals surface area contributed by atoms with Gasteiger partial charge >= 0.3 is 5.97 Å². The number of benzene rings is 3. The first-order chi connectivity index (χ1) is 14.1. The van der Waals surface area contributed by atoms with Gasteiger partial charge in [0.15, 0.2) is 0 Å². The number of nitrogens with zero attached hydrogens (tertiary/aromatic N) is 1. The topological polar surface area (TPSA) is 63.7 Å². The normalized spacial score (nSPS) is 13.9. The number of fused-ring (bicyclic) bond motifs is 1. The second-order valence-corrected chi connectivity index (χ2v) is 7.44. The fourth-order valence-electron chi connectivity index (χ4n) is 3.31. The number of hydrogen-bond acceptors (Lipinski definition) is 4. The Labute approximate surface area is 176 Å². The minimum Gasteiger partial charge on any atom is -0.424 e. The molecule has 0 N–H and O–H groups in total. The van der Waals surface area contributed by atoms with Crippen molar-refractivity contribution in [1.29, 1.82) is 0 Å². The number of amides is 2. The molecule has 1 atom stereocenters. The zero-order chi connectivity index (χ0) is 20.4. The number of hydrogen-bond donors (Lipinski definition) is 0. The van der Waals surface area contributed by atoms with Gasteiger partial charge in [0.05, 0.1) is 15.6 Å². The monoisotopic (exact) mass is 449 g/mol. The Balaban J connectivity index is 1.69. The molecule has 144 valence electrons. The molecule has 5 nitrogen and oxygen atoms in total. The van der Waals surface area contributed by atoms with E-state index >= 15 is 0 Å². The van der Waals surface area contributed by atoms with Gasteiger partial charge in [-0.25, -0.2) is 4.79 Å². The molecule has 0 unspecified atom stereocenters. The van der Waals surface area contributed by atoms with E-state index in [0.717, 1.165) is 10.5 Å². The van der Waals surface area contributed by atoms with Crippen molar-refractivity contribution < 1.29 is 19.1 Å². The Hall–Kier alpha value is -3.25. The summed E-state index contributed by atoms with van der Waals surface area (Å²) < 4.78 is 6.16. The maximum absolute atomic E-state index is 13.1. The zero-order valence-corrected chi connectivity index (χ0v) is 16.8. The van der Waals surface area contributed by atoms with E-state index in [1.807, 2.05) is 30.3 Å². The van der Waals surface area contributed by atoms with Crippen molar-refractivity contribution in [3.05, 3.63) is 100 Å². The van der Waals surface area contributed by atoms with Gasteiger partial charge in [-0.2, -0.15) is 0 Å². The third-order valence-electron chi connectivity index (χ3n) is 4.73. The van der Waals surface area contributed by atoms with Crippen LogP contribution in [-0.2, 0) is 11.2 Å². The van der Waals surface area contributed by atoms with Crippen molar-refractivity contribution in [2.75, 3.05) is 0 Å². The quantitative estimate of drug-likeness (QED) is 0.331. The summed E-state index contributed by atoms with van der Waals surface area (Å²) in [6, 6.07) is 21.6. The number of esters is 1. The third-order valence-corrected chi connectivity index (χ3v) is 5.38. The molecule has 1 aliphatic rings. The number of halogens is 1. The van der Waals surface area contributed by atoms with Crippen LogP contribution in [0.4, 0.5) is 0 Å². The van der Waals surface area contributed by atoms with Crippen molar-refractivity contribution in [3.8, 4) is 5.75 Å². The summed E-state index contributed by atoms with van der Waals surface area (Å²) in [4.78, 5) is 40.0. The lowest BCUT2D eigenvalue weighted by atomic mass is 10.0. The highest BCUT2D eigenvalue weighted by molar-refractivity contribution is 9.10. The van der Waals surface area contributed by atoms with Crippen LogP contribution in [-0.4, -0.2) is 28.7 Å². The van der Waals surface area contributed by atoms with Crippen LogP contribution in [0.25, 0.3) is 0 Å². The number of rotatable bonds is 5. The Morgan fingerprint density at radius 3 is 2.00 bits per heavy atom. The first kappa shape index (κ1) is 19.1. The van der Waals surface area contributed by atoms with Crippen LogP contribution < -0.4 is 4.74 Å². The Morgan fingerprint density at radius 1 is 0.828 bits per heavy atom. The molecule has 6 heteroatoms. The molecule has 0 saturated carbocycles. The van der Waals surface area contributed by atoms with Crippen LogP contribution in [0.5, 0.6) is 5.75 Å². The molecule has 0 radical (unpaired) electrons. The van der Waals surface area contributed by atoms with Crippen molar-refractivity contribution >= 4 is 33.7 Å². The smallest absolute Gasteiger partial charge is 0.335 e. The standard InChI is InChI=1S/C23H16BrNO4/c24-18-12-6-7-13-20(18)29-23(28)19(14-15-8-2-1-3-9-15)25-21(26)16-10-4-5-11-17(16)22(25)27/h1-13,19H,14H2/t19-/m0/s1. The van der Waals surface area contributed by atoms with Gasteiger partial charge in [-0.05, 0) is 45.8 Å². The minimum atomic E-state index is -1.09. The molecule has 0 spiro atoms. The highest BCUT2D eigenvalue weighted by atomic mass is 79.9. The van der Waals surface area contributed by atoms with Crippen molar-refractivity contribution in [2.45, 2.75) is 12.5 Å². The number of imide groups is 1. The molecule has 29 heavy (non-hydrogen) atoms. The molecule has 2 amide bonds. The second kappa shape index (κ2) is 8.01. The fourth-order valence-corrected chi connectivity index (χ4v) is 3.68. The summed E-state index contributed by atoms with van der Waals surface area (Å²) in [5, 5.41) is 0. The molecule has 0 aliphatic carbocycles. The first-order valence-corrected chi connectivity index (χ1v) is 9.82. The van der Waals surface area contributed by atoms with Crippen molar-refractivity contribution in [1.82, 2.24) is 4.90 Å². The number of ether oxygens (including phenoxy) is 1. The molecule has 3 aromatic carbocycles. The average Bonchev–Trinajstić information content (AvgIpc) is 2.99. The summed E-state index contributed by atoms with van der Waals surface area (Å²) in [7, 11) is 0. The highest BCUT2D eigenvalue weighted by Crippen LogP contribution is 2.29. The lowest BCUT2D eigenvalue weighted by molar-refractivity contribution is -0.138. The van der Waals surface area contributed by atoms with E-state index in [-0.39, 0.29) is 6.42 Å². The van der Waals surface area contributed by atoms with Gasteiger partial charge in [0, 0.05) is 6.42 Å². The van der Waals surface area contributed by atoms with Crippen molar-refractivity contribution in [2.24, 2.45) is 0 Å². The Morgan fingerprint density at radius 2 is 1.38 bits per heavy atom. The maximum atomic E-state index is 13.1. The maximum Gasteiger partial charge on any atom is 0.335 e. The van der Waals surface area contributed by atoms with Crippen LogP contribution in [0.1, 0.15) is 26.3 Å². The second-order valence-electron chi connectivity index (χ2n) is 6.58. The lowest BCUT2D eigenvalue weighted by Crippen LogP contribution is -2.48. The van der Waals surface area contributed by atoms with Gasteiger partial charge in [0.25, 0.3) is 11.8 Å². The molecular weight excluding hydrogens is 434 g/mol. The van der Waals surface area contributed by atoms with E-state index in [0.29, 0.717) is 21.3 Å². The highest BCUT2D eigenvalue weighted by Gasteiger charge is 2.43. The molecule has 0 saturated heterocycles. The van der Waals surface area contributed by atoms with Crippen LogP contribution >= 0.6 is 15.9 Å². The number of carbonyl (C=O) groups is 3. The molecular formula is C23H16BrNO4. The molecule has 4 rings (SSSR count). The van der Waals surface area contributed by atoms with Gasteiger partial charge < -0.3 is 4.74 Å². The van der Waals surface area contributed by atoms with Gasteiger partial charge in [-0.3, -0.25) is 14.5 Å². The zero-order valence-electron chi connectivity index (χ0n) is 15.2. The largest absolute Gasteiger partial charge is 0.424 e. The minimum absolute atomic E-state index is 0.162. The molecule has 3 aromatic rings. The number of para-hydroxylation sites is 1. The van der Waals surface area contributed by atoms with Gasteiger partial charge in [-0.1, -0.05) is 54.6 Å². The van der Waals surface area contributed by atoms with Gasteiger partial charge in [0.1, 0.15) is 11.8 Å². The Bertz CT molecular complexity index is 1060. The van der Waals surface area contributed by atoms with Gasteiger partial charge in [-0.15, -0.1) is 0 Å². The summed E-state index contributed by atoms with van der Waals surface area (Å²) in [6.45, 7) is 0. The van der Waals surface area contributed by atoms with E-state index in [9.17, 15) is 14.4 Å². The van der Waals surface area contributed by atoms with E-state index < -0.39 is 23.8 Å². The van der Waals surface area contributed by atoms with E-state index in [1.165, 1.54) is 0 Å². The third kappa shape index (κ3) is 3.71. The van der Waals surface area contributed by atoms with Crippen LogP contribution in [0.2, 0.25) is 0 Å². The summed E-state index contributed by atoms with van der Waals surface area (Å²) in [5.74, 6) is -1.33.